The van der Waals surface area contributed by atoms with Crippen molar-refractivity contribution >= 4 is 35.1 Å². The van der Waals surface area contributed by atoms with Crippen LogP contribution < -0.4 is 10.2 Å². The van der Waals surface area contributed by atoms with E-state index in [4.69, 9.17) is 16.6 Å². The van der Waals surface area contributed by atoms with Gasteiger partial charge < -0.3 is 15.1 Å². The minimum Gasteiger partial charge on any atom is -0.356 e. The van der Waals surface area contributed by atoms with Gasteiger partial charge in [-0.15, -0.1) is 0 Å². The molecular weight excluding hydrogens is 526 g/mol. The number of hydrogen-bond acceptors (Lipinski definition) is 6. The zero-order chi connectivity index (χ0) is 26.9. The third-order valence-electron chi connectivity index (χ3n) is 7.71. The van der Waals surface area contributed by atoms with Crippen molar-refractivity contribution in [2.45, 2.75) is 49.4 Å². The van der Waals surface area contributed by atoms with Gasteiger partial charge in [-0.3, -0.25) is 4.79 Å². The number of carbonyl (C=O) groups excluding carboxylic acids is 1. The molecule has 1 amide bonds. The normalized spacial score (nSPS) is 16.8. The number of anilines is 1. The lowest BCUT2D eigenvalue weighted by Gasteiger charge is -2.33. The third kappa shape index (κ3) is 8.44. The molecule has 8 heteroatoms. The number of rotatable bonds is 10. The Morgan fingerprint density at radius 1 is 0.923 bits per heavy atom. The van der Waals surface area contributed by atoms with Crippen LogP contribution in [0.25, 0.3) is 0 Å². The number of amides is 1. The molecule has 3 heterocycles. The Kier molecular flexibility index (Phi) is 10.1. The molecule has 1 aromatic heterocycles. The summed E-state index contributed by atoms with van der Waals surface area (Å²) in [4.78, 5) is 26.6. The molecule has 1 N–H and O–H groups in total. The second kappa shape index (κ2) is 14.1. The number of nitrogens with zero attached hydrogens (tertiary/aromatic N) is 4. The molecule has 0 radical (unpaired) electrons. The number of piperidine rings is 2. The molecule has 0 bridgehead atoms. The molecule has 206 valence electrons. The minimum atomic E-state index is -0.0124. The molecule has 3 aromatic rings. The molecular formula is C31H38ClN5OS. The Morgan fingerprint density at radius 3 is 2.41 bits per heavy atom. The van der Waals surface area contributed by atoms with Gasteiger partial charge in [0.15, 0.2) is 5.16 Å². The lowest BCUT2D eigenvalue weighted by molar-refractivity contribution is 0.0946. The highest BCUT2D eigenvalue weighted by molar-refractivity contribution is 7.98. The highest BCUT2D eigenvalue weighted by Crippen LogP contribution is 2.28. The summed E-state index contributed by atoms with van der Waals surface area (Å²) in [5, 5.41) is 4.22. The van der Waals surface area contributed by atoms with Crippen LogP contribution in [0.2, 0.25) is 5.15 Å². The Labute approximate surface area is 241 Å². The fourth-order valence-electron chi connectivity index (χ4n) is 5.44. The van der Waals surface area contributed by atoms with E-state index < -0.39 is 0 Å². The molecule has 2 saturated heterocycles. The van der Waals surface area contributed by atoms with Gasteiger partial charge in [0.05, 0.1) is 0 Å². The zero-order valence-electron chi connectivity index (χ0n) is 22.5. The summed E-state index contributed by atoms with van der Waals surface area (Å²) >= 11 is 7.97. The molecule has 39 heavy (non-hydrogen) atoms. The number of thioether (sulfide) groups is 1. The number of hydrogen-bond donors (Lipinski definition) is 1. The quantitative estimate of drug-likeness (QED) is 0.183. The summed E-state index contributed by atoms with van der Waals surface area (Å²) in [5.74, 6) is 2.32. The molecule has 0 unspecified atom stereocenters. The number of benzene rings is 2. The van der Waals surface area contributed by atoms with Gasteiger partial charge in [0.25, 0.3) is 5.91 Å². The van der Waals surface area contributed by atoms with Gasteiger partial charge in [0.2, 0.25) is 0 Å². The lowest BCUT2D eigenvalue weighted by atomic mass is 9.90. The lowest BCUT2D eigenvalue weighted by Crippen LogP contribution is -2.37. The summed E-state index contributed by atoms with van der Waals surface area (Å²) in [6.45, 7) is 5.87. The standard InChI is InChI=1S/C31H38ClN5OS/c32-28-22-29(37-18-13-25(14-19-37)21-24-7-3-1-4-8-24)35-31(34-28)39-23-26-9-11-27(12-10-26)30(38)33-15-20-36-16-5-2-6-17-36/h1,3-4,7-12,22,25H,2,5-6,13-21,23H2,(H,33,38). The second-order valence-corrected chi connectivity index (χ2v) is 11.9. The molecule has 2 aliphatic rings. The van der Waals surface area contributed by atoms with Crippen molar-refractivity contribution in [1.29, 1.82) is 0 Å². The van der Waals surface area contributed by atoms with Gasteiger partial charge in [-0.05, 0) is 74.4 Å². The van der Waals surface area contributed by atoms with Crippen LogP contribution >= 0.6 is 23.4 Å². The summed E-state index contributed by atoms with van der Waals surface area (Å²) in [6, 6.07) is 20.5. The monoisotopic (exact) mass is 563 g/mol. The first-order valence-corrected chi connectivity index (χ1v) is 15.5. The first kappa shape index (κ1) is 27.9. The second-order valence-electron chi connectivity index (χ2n) is 10.6. The predicted octanol–water partition coefficient (Wildman–Crippen LogP) is 6.10. The molecule has 0 aliphatic carbocycles. The van der Waals surface area contributed by atoms with Gasteiger partial charge in [0, 0.05) is 43.6 Å². The molecule has 0 atom stereocenters. The third-order valence-corrected chi connectivity index (χ3v) is 8.82. The van der Waals surface area contributed by atoms with E-state index in [1.807, 2.05) is 30.3 Å². The fourth-order valence-corrected chi connectivity index (χ4v) is 6.48. The molecule has 5 rings (SSSR count). The van der Waals surface area contributed by atoms with E-state index in [0.29, 0.717) is 28.3 Å². The van der Waals surface area contributed by atoms with Gasteiger partial charge in [0.1, 0.15) is 11.0 Å². The molecule has 0 spiro atoms. The zero-order valence-corrected chi connectivity index (χ0v) is 24.1. The van der Waals surface area contributed by atoms with Crippen molar-refractivity contribution in [3.8, 4) is 0 Å². The van der Waals surface area contributed by atoms with Crippen LogP contribution in [0.5, 0.6) is 0 Å². The maximum Gasteiger partial charge on any atom is 0.251 e. The van der Waals surface area contributed by atoms with E-state index >= 15 is 0 Å². The topological polar surface area (TPSA) is 61.4 Å². The maximum atomic E-state index is 12.5. The number of aromatic nitrogens is 2. The summed E-state index contributed by atoms with van der Waals surface area (Å²) in [5.41, 5.74) is 3.23. The molecule has 2 fully saturated rings. The van der Waals surface area contributed by atoms with Crippen LogP contribution in [0.1, 0.15) is 53.6 Å². The van der Waals surface area contributed by atoms with Crippen LogP contribution in [-0.2, 0) is 12.2 Å². The average molecular weight is 564 g/mol. The van der Waals surface area contributed by atoms with Gasteiger partial charge >= 0.3 is 0 Å². The van der Waals surface area contributed by atoms with E-state index in [1.165, 1.54) is 24.8 Å². The van der Waals surface area contributed by atoms with Crippen molar-refractivity contribution in [2.24, 2.45) is 5.92 Å². The molecule has 6 nitrogen and oxygen atoms in total. The van der Waals surface area contributed by atoms with Gasteiger partial charge in [-0.25, -0.2) is 9.97 Å². The highest BCUT2D eigenvalue weighted by Gasteiger charge is 2.21. The van der Waals surface area contributed by atoms with Crippen LogP contribution in [-0.4, -0.2) is 60.0 Å². The Balaban J connectivity index is 1.08. The maximum absolute atomic E-state index is 12.5. The van der Waals surface area contributed by atoms with E-state index in [-0.39, 0.29) is 5.91 Å². The predicted molar refractivity (Wildman–Crippen MR) is 161 cm³/mol. The summed E-state index contributed by atoms with van der Waals surface area (Å²) in [7, 11) is 0. The summed E-state index contributed by atoms with van der Waals surface area (Å²) in [6.07, 6.45) is 7.30. The van der Waals surface area contributed by atoms with E-state index in [9.17, 15) is 4.79 Å². The van der Waals surface area contributed by atoms with Gasteiger partial charge in [-0.1, -0.05) is 72.2 Å². The molecule has 2 aromatic carbocycles. The van der Waals surface area contributed by atoms with E-state index in [0.717, 1.165) is 69.1 Å². The van der Waals surface area contributed by atoms with Crippen molar-refractivity contribution in [3.63, 3.8) is 0 Å². The fraction of sp³-hybridized carbons (Fsp3) is 0.452. The Hall–Kier alpha value is -2.61. The molecule has 2 aliphatic heterocycles. The number of halogens is 1. The van der Waals surface area contributed by atoms with Crippen LogP contribution in [0.4, 0.5) is 5.82 Å². The van der Waals surface area contributed by atoms with Crippen LogP contribution in [0.3, 0.4) is 0 Å². The smallest absolute Gasteiger partial charge is 0.251 e. The van der Waals surface area contributed by atoms with E-state index in [2.05, 4.69) is 50.4 Å². The molecule has 0 saturated carbocycles. The average Bonchev–Trinajstić information content (AvgIpc) is 2.97. The Bertz CT molecular complexity index is 1200. The SMILES string of the molecule is O=C(NCCN1CCCCC1)c1ccc(CSc2nc(Cl)cc(N3CCC(Cc4ccccc4)CC3)n2)cc1. The van der Waals surface area contributed by atoms with Crippen molar-refractivity contribution < 1.29 is 4.79 Å². The highest BCUT2D eigenvalue weighted by atomic mass is 35.5. The van der Waals surface area contributed by atoms with Crippen molar-refractivity contribution in [2.75, 3.05) is 44.2 Å². The largest absolute Gasteiger partial charge is 0.356 e. The number of likely N-dealkylation sites (tertiary alicyclic amines) is 1. The van der Waals surface area contributed by atoms with Crippen LogP contribution in [0, 0.1) is 5.92 Å². The van der Waals surface area contributed by atoms with E-state index in [1.54, 1.807) is 11.8 Å². The number of carbonyl (C=O) groups is 1. The number of nitrogens with one attached hydrogen (secondary N) is 1. The van der Waals surface area contributed by atoms with Gasteiger partial charge in [-0.2, -0.15) is 0 Å². The van der Waals surface area contributed by atoms with Crippen molar-refractivity contribution in [1.82, 2.24) is 20.2 Å². The van der Waals surface area contributed by atoms with Crippen molar-refractivity contribution in [3.05, 3.63) is 82.5 Å². The summed E-state index contributed by atoms with van der Waals surface area (Å²) < 4.78 is 0. The first-order valence-electron chi connectivity index (χ1n) is 14.2. The van der Waals surface area contributed by atoms with Crippen LogP contribution in [0.15, 0.2) is 65.8 Å². The minimum absolute atomic E-state index is 0.0124. The first-order chi connectivity index (χ1) is 19.1. The Morgan fingerprint density at radius 2 is 1.67 bits per heavy atom.